The number of pyridine rings is 1. The van der Waals surface area contributed by atoms with Gasteiger partial charge in [0, 0.05) is 18.1 Å². The van der Waals surface area contributed by atoms with Crippen molar-refractivity contribution in [1.82, 2.24) is 9.88 Å². The minimum absolute atomic E-state index is 0.224. The molecule has 0 saturated carbocycles. The lowest BCUT2D eigenvalue weighted by Gasteiger charge is -2.15. The molecule has 118 valence electrons. The molecule has 0 radical (unpaired) electrons. The third-order valence-corrected chi connectivity index (χ3v) is 3.62. The molecule has 0 aliphatic rings. The fourth-order valence-corrected chi connectivity index (χ4v) is 2.62. The first kappa shape index (κ1) is 16.2. The first-order valence-electron chi connectivity index (χ1n) is 7.42. The second-order valence-electron chi connectivity index (χ2n) is 5.91. The molecule has 0 bridgehead atoms. The minimum Gasteiger partial charge on any atom is -0.478 e. The number of nitrogens with one attached hydrogen (secondary N) is 1. The molecule has 2 N–H and O–H groups in total. The average Bonchev–Trinajstić information content (AvgIpc) is 2.42. The molecular weight excluding hydrogens is 278 g/mol. The first-order chi connectivity index (χ1) is 10.4. The van der Waals surface area contributed by atoms with Gasteiger partial charge in [0.05, 0.1) is 11.2 Å². The van der Waals surface area contributed by atoms with Gasteiger partial charge < -0.3 is 15.3 Å². The van der Waals surface area contributed by atoms with Gasteiger partial charge in [-0.2, -0.15) is 0 Å². The standard InChI is InChI=1S/C17H23N3O2/c1-11-8-12(2)15-13(9-11)16(14(10-19-15)17(21)22)18-6-5-7-20(3)4/h8-10H,5-7H2,1-4H3,(H,18,19)(H,21,22). The number of hydrogen-bond acceptors (Lipinski definition) is 4. The molecule has 0 amide bonds. The number of anilines is 1. The van der Waals surface area contributed by atoms with Crippen LogP contribution in [-0.4, -0.2) is 48.1 Å². The Morgan fingerprint density at radius 1 is 1.32 bits per heavy atom. The van der Waals surface area contributed by atoms with Crippen molar-refractivity contribution in [3.05, 3.63) is 35.0 Å². The maximum atomic E-state index is 11.5. The Hall–Kier alpha value is -2.14. The van der Waals surface area contributed by atoms with E-state index in [-0.39, 0.29) is 5.56 Å². The molecule has 0 atom stereocenters. The van der Waals surface area contributed by atoms with Crippen LogP contribution in [0.4, 0.5) is 5.69 Å². The van der Waals surface area contributed by atoms with E-state index in [9.17, 15) is 9.90 Å². The van der Waals surface area contributed by atoms with Gasteiger partial charge in [-0.1, -0.05) is 11.6 Å². The SMILES string of the molecule is Cc1cc(C)c2ncc(C(=O)O)c(NCCCN(C)C)c2c1. The second kappa shape index (κ2) is 6.75. The molecule has 0 aliphatic heterocycles. The summed E-state index contributed by atoms with van der Waals surface area (Å²) in [5, 5.41) is 13.6. The predicted molar refractivity (Wildman–Crippen MR) is 89.8 cm³/mol. The van der Waals surface area contributed by atoms with Crippen molar-refractivity contribution < 1.29 is 9.90 Å². The topological polar surface area (TPSA) is 65.5 Å². The molecule has 0 spiro atoms. The van der Waals surface area contributed by atoms with E-state index in [0.717, 1.165) is 41.5 Å². The van der Waals surface area contributed by atoms with E-state index in [4.69, 9.17) is 0 Å². The lowest BCUT2D eigenvalue weighted by Crippen LogP contribution is -2.17. The van der Waals surface area contributed by atoms with Crippen molar-refractivity contribution in [3.8, 4) is 0 Å². The maximum absolute atomic E-state index is 11.5. The van der Waals surface area contributed by atoms with E-state index in [1.54, 1.807) is 0 Å². The molecule has 1 heterocycles. The summed E-state index contributed by atoms with van der Waals surface area (Å²) in [6, 6.07) is 4.06. The summed E-state index contributed by atoms with van der Waals surface area (Å²) in [6.07, 6.45) is 2.39. The van der Waals surface area contributed by atoms with Crippen LogP contribution in [0, 0.1) is 13.8 Å². The Kier molecular flexibility index (Phi) is 4.98. The predicted octanol–water partition coefficient (Wildman–Crippen LogP) is 2.91. The lowest BCUT2D eigenvalue weighted by molar-refractivity contribution is 0.0697. The van der Waals surface area contributed by atoms with E-state index < -0.39 is 5.97 Å². The normalized spacial score (nSPS) is 11.1. The number of fused-ring (bicyclic) bond motifs is 1. The third kappa shape index (κ3) is 3.54. The number of hydrogen-bond donors (Lipinski definition) is 2. The van der Waals surface area contributed by atoms with Gasteiger partial charge in [-0.25, -0.2) is 4.79 Å². The third-order valence-electron chi connectivity index (χ3n) is 3.62. The number of rotatable bonds is 6. The van der Waals surface area contributed by atoms with E-state index in [2.05, 4.69) is 21.3 Å². The Bertz CT molecular complexity index is 696. The summed E-state index contributed by atoms with van der Waals surface area (Å²) >= 11 is 0. The van der Waals surface area contributed by atoms with Crippen molar-refractivity contribution >= 4 is 22.6 Å². The van der Waals surface area contributed by atoms with Crippen molar-refractivity contribution in [2.75, 3.05) is 32.5 Å². The molecule has 5 heteroatoms. The van der Waals surface area contributed by atoms with Crippen LogP contribution < -0.4 is 5.32 Å². The van der Waals surface area contributed by atoms with Gasteiger partial charge in [-0.3, -0.25) is 4.98 Å². The highest BCUT2D eigenvalue weighted by Crippen LogP contribution is 2.29. The highest BCUT2D eigenvalue weighted by molar-refractivity contribution is 6.05. The Morgan fingerprint density at radius 3 is 2.68 bits per heavy atom. The summed E-state index contributed by atoms with van der Waals surface area (Å²) in [6.45, 7) is 5.69. The van der Waals surface area contributed by atoms with Crippen LogP contribution in [0.3, 0.4) is 0 Å². The van der Waals surface area contributed by atoms with Crippen LogP contribution in [-0.2, 0) is 0 Å². The molecular formula is C17H23N3O2. The highest BCUT2D eigenvalue weighted by Gasteiger charge is 2.15. The number of carbonyl (C=O) groups is 1. The van der Waals surface area contributed by atoms with Crippen LogP contribution in [0.2, 0.25) is 0 Å². The van der Waals surface area contributed by atoms with Crippen molar-refractivity contribution in [2.45, 2.75) is 20.3 Å². The van der Waals surface area contributed by atoms with Crippen LogP contribution in [0.15, 0.2) is 18.3 Å². The van der Waals surface area contributed by atoms with Gasteiger partial charge >= 0.3 is 5.97 Å². The highest BCUT2D eigenvalue weighted by atomic mass is 16.4. The molecule has 2 aromatic rings. The monoisotopic (exact) mass is 301 g/mol. The fourth-order valence-electron chi connectivity index (χ4n) is 2.62. The van der Waals surface area contributed by atoms with E-state index in [1.807, 2.05) is 34.0 Å². The molecule has 22 heavy (non-hydrogen) atoms. The van der Waals surface area contributed by atoms with Gasteiger partial charge in [0.25, 0.3) is 0 Å². The summed E-state index contributed by atoms with van der Waals surface area (Å²) in [7, 11) is 4.05. The summed E-state index contributed by atoms with van der Waals surface area (Å²) in [5.41, 5.74) is 3.91. The summed E-state index contributed by atoms with van der Waals surface area (Å²) in [4.78, 5) is 17.9. The Morgan fingerprint density at radius 2 is 2.05 bits per heavy atom. The van der Waals surface area contributed by atoms with Gasteiger partial charge in [-0.15, -0.1) is 0 Å². The van der Waals surface area contributed by atoms with Crippen LogP contribution in [0.5, 0.6) is 0 Å². The number of aryl methyl sites for hydroxylation is 2. The molecule has 0 fully saturated rings. The number of nitrogens with zero attached hydrogens (tertiary/aromatic N) is 2. The van der Waals surface area contributed by atoms with E-state index >= 15 is 0 Å². The van der Waals surface area contributed by atoms with Crippen molar-refractivity contribution in [2.24, 2.45) is 0 Å². The Labute approximate surface area is 131 Å². The second-order valence-corrected chi connectivity index (χ2v) is 5.91. The smallest absolute Gasteiger partial charge is 0.339 e. The Balaban J connectivity index is 2.42. The van der Waals surface area contributed by atoms with E-state index in [0.29, 0.717) is 5.69 Å². The first-order valence-corrected chi connectivity index (χ1v) is 7.42. The average molecular weight is 301 g/mol. The molecule has 0 aliphatic carbocycles. The molecule has 0 unspecified atom stereocenters. The van der Waals surface area contributed by atoms with Gasteiger partial charge in [0.1, 0.15) is 5.56 Å². The fraction of sp³-hybridized carbons (Fsp3) is 0.412. The van der Waals surface area contributed by atoms with Crippen LogP contribution in [0.1, 0.15) is 27.9 Å². The zero-order chi connectivity index (χ0) is 16.3. The summed E-state index contributed by atoms with van der Waals surface area (Å²) < 4.78 is 0. The quantitative estimate of drug-likeness (QED) is 0.803. The number of benzene rings is 1. The number of aromatic carboxylic acids is 1. The van der Waals surface area contributed by atoms with Gasteiger partial charge in [0.15, 0.2) is 0 Å². The largest absolute Gasteiger partial charge is 0.478 e. The zero-order valence-corrected chi connectivity index (χ0v) is 13.6. The van der Waals surface area contributed by atoms with E-state index in [1.165, 1.54) is 6.20 Å². The number of carboxylic acid groups (broad SMARTS) is 1. The molecule has 0 saturated heterocycles. The van der Waals surface area contributed by atoms with Crippen LogP contribution >= 0.6 is 0 Å². The minimum atomic E-state index is -0.955. The van der Waals surface area contributed by atoms with Crippen LogP contribution in [0.25, 0.3) is 10.9 Å². The zero-order valence-electron chi connectivity index (χ0n) is 13.6. The van der Waals surface area contributed by atoms with Gasteiger partial charge in [-0.05, 0) is 52.5 Å². The lowest BCUT2D eigenvalue weighted by atomic mass is 10.0. The summed E-state index contributed by atoms with van der Waals surface area (Å²) in [5.74, 6) is -0.955. The van der Waals surface area contributed by atoms with Crippen molar-refractivity contribution in [3.63, 3.8) is 0 Å². The molecule has 5 nitrogen and oxygen atoms in total. The maximum Gasteiger partial charge on any atom is 0.339 e. The molecule has 1 aromatic carbocycles. The molecule has 1 aromatic heterocycles. The number of carboxylic acids is 1. The van der Waals surface area contributed by atoms with Gasteiger partial charge in [0.2, 0.25) is 0 Å². The molecule has 2 rings (SSSR count). The number of aromatic nitrogens is 1. The van der Waals surface area contributed by atoms with Crippen molar-refractivity contribution in [1.29, 1.82) is 0 Å².